The van der Waals surface area contributed by atoms with Gasteiger partial charge < -0.3 is 9.73 Å². The predicted molar refractivity (Wildman–Crippen MR) is 75.6 cm³/mol. The van der Waals surface area contributed by atoms with Crippen molar-refractivity contribution in [1.82, 2.24) is 5.32 Å². The lowest BCUT2D eigenvalue weighted by atomic mass is 9.77. The zero-order valence-electron chi connectivity index (χ0n) is 12.0. The third-order valence-electron chi connectivity index (χ3n) is 4.17. The van der Waals surface area contributed by atoms with Crippen molar-refractivity contribution in [2.75, 3.05) is 6.54 Å². The van der Waals surface area contributed by atoms with Crippen molar-refractivity contribution >= 4 is 0 Å². The molecule has 1 saturated carbocycles. The summed E-state index contributed by atoms with van der Waals surface area (Å²) in [5, 5.41) is 3.73. The van der Waals surface area contributed by atoms with Crippen molar-refractivity contribution in [2.45, 2.75) is 58.9 Å². The summed E-state index contributed by atoms with van der Waals surface area (Å²) in [6, 6.07) is 2.69. The smallest absolute Gasteiger partial charge is 0.101 e. The van der Waals surface area contributed by atoms with Gasteiger partial charge in [0.15, 0.2) is 0 Å². The third-order valence-corrected chi connectivity index (χ3v) is 4.17. The SMILES string of the molecule is CCCNC(c1coc(C)c1)C1CCCC(C)C1. The van der Waals surface area contributed by atoms with Gasteiger partial charge in [-0.2, -0.15) is 0 Å². The van der Waals surface area contributed by atoms with Gasteiger partial charge in [-0.15, -0.1) is 0 Å². The van der Waals surface area contributed by atoms with Crippen LogP contribution in [0, 0.1) is 18.8 Å². The second-order valence-electron chi connectivity index (χ2n) is 5.95. The van der Waals surface area contributed by atoms with Gasteiger partial charge in [0.05, 0.1) is 6.26 Å². The molecule has 1 fully saturated rings. The van der Waals surface area contributed by atoms with Crippen LogP contribution in [0.1, 0.15) is 63.3 Å². The summed E-state index contributed by atoms with van der Waals surface area (Å²) in [6.45, 7) is 7.75. The van der Waals surface area contributed by atoms with Crippen LogP contribution in [0.4, 0.5) is 0 Å². The molecule has 0 aliphatic heterocycles. The minimum absolute atomic E-state index is 0.491. The van der Waals surface area contributed by atoms with Gasteiger partial charge in [0, 0.05) is 11.6 Å². The highest BCUT2D eigenvalue weighted by Crippen LogP contribution is 2.37. The number of nitrogens with one attached hydrogen (secondary N) is 1. The number of furan rings is 1. The van der Waals surface area contributed by atoms with Crippen LogP contribution in [-0.2, 0) is 0 Å². The van der Waals surface area contributed by atoms with Crippen molar-refractivity contribution in [3.63, 3.8) is 0 Å². The first-order valence-corrected chi connectivity index (χ1v) is 7.49. The van der Waals surface area contributed by atoms with Crippen LogP contribution in [0.15, 0.2) is 16.7 Å². The van der Waals surface area contributed by atoms with Gasteiger partial charge in [0.1, 0.15) is 5.76 Å². The van der Waals surface area contributed by atoms with E-state index in [-0.39, 0.29) is 0 Å². The molecule has 1 N–H and O–H groups in total. The number of hydrogen-bond acceptors (Lipinski definition) is 2. The van der Waals surface area contributed by atoms with Crippen LogP contribution < -0.4 is 5.32 Å². The molecule has 0 amide bonds. The van der Waals surface area contributed by atoms with Gasteiger partial charge in [-0.05, 0) is 50.6 Å². The number of hydrogen-bond donors (Lipinski definition) is 1. The maximum atomic E-state index is 5.50. The highest BCUT2D eigenvalue weighted by Gasteiger charge is 2.28. The fraction of sp³-hybridized carbons (Fsp3) is 0.750. The minimum atomic E-state index is 0.491. The Balaban J connectivity index is 2.08. The monoisotopic (exact) mass is 249 g/mol. The Labute approximate surface area is 111 Å². The molecule has 2 nitrogen and oxygen atoms in total. The van der Waals surface area contributed by atoms with Gasteiger partial charge in [0.25, 0.3) is 0 Å². The molecule has 0 spiro atoms. The first-order chi connectivity index (χ1) is 8.70. The molecule has 0 aromatic carbocycles. The summed E-state index contributed by atoms with van der Waals surface area (Å²) in [5.41, 5.74) is 1.35. The summed E-state index contributed by atoms with van der Waals surface area (Å²) in [4.78, 5) is 0. The molecule has 1 aliphatic carbocycles. The summed E-state index contributed by atoms with van der Waals surface area (Å²) in [6.07, 6.45) is 8.63. The van der Waals surface area contributed by atoms with E-state index in [1.54, 1.807) is 0 Å². The largest absolute Gasteiger partial charge is 0.469 e. The van der Waals surface area contributed by atoms with Gasteiger partial charge in [-0.3, -0.25) is 0 Å². The van der Waals surface area contributed by atoms with Crippen molar-refractivity contribution < 1.29 is 4.42 Å². The van der Waals surface area contributed by atoms with E-state index < -0.39 is 0 Å². The van der Waals surface area contributed by atoms with Gasteiger partial charge in [0.2, 0.25) is 0 Å². The molecule has 1 aromatic rings. The van der Waals surface area contributed by atoms with Gasteiger partial charge in [-0.1, -0.05) is 26.7 Å². The fourth-order valence-corrected chi connectivity index (χ4v) is 3.27. The van der Waals surface area contributed by atoms with Crippen LogP contribution >= 0.6 is 0 Å². The van der Waals surface area contributed by atoms with Crippen LogP contribution in [0.2, 0.25) is 0 Å². The predicted octanol–water partition coefficient (Wildman–Crippen LogP) is 4.46. The first-order valence-electron chi connectivity index (χ1n) is 7.49. The van der Waals surface area contributed by atoms with Gasteiger partial charge >= 0.3 is 0 Å². The molecule has 2 heteroatoms. The summed E-state index contributed by atoms with van der Waals surface area (Å²) >= 11 is 0. The van der Waals surface area contributed by atoms with E-state index in [1.807, 2.05) is 13.2 Å². The molecule has 3 atom stereocenters. The van der Waals surface area contributed by atoms with Crippen molar-refractivity contribution in [3.05, 3.63) is 23.7 Å². The molecule has 0 saturated heterocycles. The standard InChI is InChI=1S/C16H27NO/c1-4-8-17-16(15-10-13(3)18-11-15)14-7-5-6-12(2)9-14/h10-12,14,16-17H,4-9H2,1-3H3. The quantitative estimate of drug-likeness (QED) is 0.833. The molecule has 3 unspecified atom stereocenters. The summed E-state index contributed by atoms with van der Waals surface area (Å²) in [7, 11) is 0. The lowest BCUT2D eigenvalue weighted by Crippen LogP contribution is -2.31. The van der Waals surface area contributed by atoms with E-state index in [9.17, 15) is 0 Å². The zero-order valence-corrected chi connectivity index (χ0v) is 12.0. The first kappa shape index (κ1) is 13.7. The zero-order chi connectivity index (χ0) is 13.0. The Hall–Kier alpha value is -0.760. The van der Waals surface area contributed by atoms with E-state index in [1.165, 1.54) is 37.7 Å². The van der Waals surface area contributed by atoms with E-state index >= 15 is 0 Å². The Morgan fingerprint density at radius 2 is 2.28 bits per heavy atom. The molecule has 1 aliphatic rings. The Morgan fingerprint density at radius 3 is 2.89 bits per heavy atom. The normalized spacial score (nSPS) is 26.2. The molecular weight excluding hydrogens is 222 g/mol. The Morgan fingerprint density at radius 1 is 1.44 bits per heavy atom. The number of aryl methyl sites for hydroxylation is 1. The summed E-state index contributed by atoms with van der Waals surface area (Å²) in [5.74, 6) is 2.68. The van der Waals surface area contributed by atoms with Crippen molar-refractivity contribution in [3.8, 4) is 0 Å². The van der Waals surface area contributed by atoms with Crippen molar-refractivity contribution in [2.24, 2.45) is 11.8 Å². The molecule has 18 heavy (non-hydrogen) atoms. The Bertz CT molecular complexity index is 358. The van der Waals surface area contributed by atoms with E-state index in [0.29, 0.717) is 6.04 Å². The Kier molecular flexibility index (Phi) is 4.87. The molecule has 0 radical (unpaired) electrons. The minimum Gasteiger partial charge on any atom is -0.469 e. The van der Waals surface area contributed by atoms with Crippen molar-refractivity contribution in [1.29, 1.82) is 0 Å². The average Bonchev–Trinajstić information content (AvgIpc) is 2.76. The third kappa shape index (κ3) is 3.38. The maximum Gasteiger partial charge on any atom is 0.101 e. The number of rotatable bonds is 5. The highest BCUT2D eigenvalue weighted by atomic mass is 16.3. The lowest BCUT2D eigenvalue weighted by molar-refractivity contribution is 0.223. The molecule has 1 heterocycles. The summed E-state index contributed by atoms with van der Waals surface area (Å²) < 4.78 is 5.50. The molecule has 102 valence electrons. The molecule has 1 aromatic heterocycles. The van der Waals surface area contributed by atoms with E-state index in [4.69, 9.17) is 4.42 Å². The van der Waals surface area contributed by atoms with E-state index in [0.717, 1.165) is 24.1 Å². The van der Waals surface area contributed by atoms with Crippen LogP contribution in [-0.4, -0.2) is 6.54 Å². The van der Waals surface area contributed by atoms with Crippen LogP contribution in [0.5, 0.6) is 0 Å². The molecule has 0 bridgehead atoms. The van der Waals surface area contributed by atoms with E-state index in [2.05, 4.69) is 25.2 Å². The second kappa shape index (κ2) is 6.42. The average molecular weight is 249 g/mol. The second-order valence-corrected chi connectivity index (χ2v) is 5.95. The van der Waals surface area contributed by atoms with Crippen LogP contribution in [0.25, 0.3) is 0 Å². The topological polar surface area (TPSA) is 25.2 Å². The maximum absolute atomic E-state index is 5.50. The molecular formula is C16H27NO. The lowest BCUT2D eigenvalue weighted by Gasteiger charge is -2.33. The van der Waals surface area contributed by atoms with Crippen LogP contribution in [0.3, 0.4) is 0 Å². The highest BCUT2D eigenvalue weighted by molar-refractivity contribution is 5.17. The van der Waals surface area contributed by atoms with Gasteiger partial charge in [-0.25, -0.2) is 0 Å². The fourth-order valence-electron chi connectivity index (χ4n) is 3.27. The molecule has 2 rings (SSSR count).